The summed E-state index contributed by atoms with van der Waals surface area (Å²) in [5.74, 6) is 2.23. The van der Waals surface area contributed by atoms with Crippen LogP contribution < -0.4 is 4.74 Å². The average Bonchev–Trinajstić information content (AvgIpc) is 3.02. The molecule has 0 spiro atoms. The third kappa shape index (κ3) is 3.49. The maximum Gasteiger partial charge on any atom is 0.229 e. The van der Waals surface area contributed by atoms with E-state index < -0.39 is 0 Å². The van der Waals surface area contributed by atoms with E-state index in [0.717, 1.165) is 37.3 Å². The lowest BCUT2D eigenvalue weighted by Gasteiger charge is -2.34. The number of likely N-dealkylation sites (tertiary alicyclic amines) is 1. The van der Waals surface area contributed by atoms with Crippen molar-refractivity contribution in [3.05, 3.63) is 35.7 Å². The van der Waals surface area contributed by atoms with E-state index in [4.69, 9.17) is 4.74 Å². The van der Waals surface area contributed by atoms with Gasteiger partial charge in [-0.1, -0.05) is 0 Å². The van der Waals surface area contributed by atoms with Crippen LogP contribution in [0.2, 0.25) is 0 Å². The summed E-state index contributed by atoms with van der Waals surface area (Å²) in [6.45, 7) is 2.61. The summed E-state index contributed by atoms with van der Waals surface area (Å²) >= 11 is 0. The average molecular weight is 315 g/mol. The van der Waals surface area contributed by atoms with Crippen LogP contribution in [0, 0.1) is 6.92 Å². The standard InChI is InChI=1S/C16H21N5O2/c1-11-18-16(20-19-11)14-5-3-4-8-21(14)15(22)9-12-6-7-13(23-2)10-17-12/h6-7,10,14H,3-5,8-9H2,1-2H3,(H,18,19,20). The maximum atomic E-state index is 12.7. The molecule has 1 fully saturated rings. The lowest BCUT2D eigenvalue weighted by atomic mass is 10.0. The van der Waals surface area contributed by atoms with Gasteiger partial charge in [0.1, 0.15) is 11.6 Å². The number of H-pyrrole nitrogens is 1. The summed E-state index contributed by atoms with van der Waals surface area (Å²) in [4.78, 5) is 23.3. The molecule has 7 nitrogen and oxygen atoms in total. The Morgan fingerprint density at radius 3 is 2.96 bits per heavy atom. The molecule has 7 heteroatoms. The zero-order valence-electron chi connectivity index (χ0n) is 13.5. The van der Waals surface area contributed by atoms with Crippen molar-refractivity contribution in [1.29, 1.82) is 0 Å². The molecule has 1 saturated heterocycles. The number of aryl methyl sites for hydroxylation is 1. The van der Waals surface area contributed by atoms with E-state index in [0.29, 0.717) is 11.6 Å². The summed E-state index contributed by atoms with van der Waals surface area (Å²) in [5.41, 5.74) is 0.742. The van der Waals surface area contributed by atoms with Crippen molar-refractivity contribution in [2.24, 2.45) is 0 Å². The van der Waals surface area contributed by atoms with E-state index in [-0.39, 0.29) is 18.4 Å². The molecule has 122 valence electrons. The number of amides is 1. The van der Waals surface area contributed by atoms with Crippen LogP contribution >= 0.6 is 0 Å². The Balaban J connectivity index is 1.73. The Hall–Kier alpha value is -2.44. The van der Waals surface area contributed by atoms with Crippen LogP contribution in [0.3, 0.4) is 0 Å². The molecule has 1 unspecified atom stereocenters. The second kappa shape index (κ2) is 6.76. The largest absolute Gasteiger partial charge is 0.495 e. The van der Waals surface area contributed by atoms with Crippen LogP contribution in [0.4, 0.5) is 0 Å². The summed E-state index contributed by atoms with van der Waals surface area (Å²) in [7, 11) is 1.60. The Labute approximate surface area is 135 Å². The smallest absolute Gasteiger partial charge is 0.229 e. The number of pyridine rings is 1. The van der Waals surface area contributed by atoms with E-state index >= 15 is 0 Å². The molecule has 2 aromatic heterocycles. The highest BCUT2D eigenvalue weighted by Crippen LogP contribution is 2.29. The zero-order valence-corrected chi connectivity index (χ0v) is 13.5. The van der Waals surface area contributed by atoms with E-state index in [2.05, 4.69) is 20.2 Å². The van der Waals surface area contributed by atoms with Crippen molar-refractivity contribution < 1.29 is 9.53 Å². The number of nitrogens with zero attached hydrogens (tertiary/aromatic N) is 4. The number of aromatic nitrogens is 4. The highest BCUT2D eigenvalue weighted by Gasteiger charge is 2.30. The molecule has 0 radical (unpaired) electrons. The molecule has 0 aliphatic carbocycles. The molecule has 2 aromatic rings. The molecule has 0 saturated carbocycles. The number of hydrogen-bond acceptors (Lipinski definition) is 5. The summed E-state index contributed by atoms with van der Waals surface area (Å²) in [5, 5.41) is 7.10. The summed E-state index contributed by atoms with van der Waals surface area (Å²) in [6, 6.07) is 3.61. The molecule has 3 heterocycles. The molecule has 1 aliphatic rings. The number of piperidine rings is 1. The van der Waals surface area contributed by atoms with Crippen LogP contribution in [0.5, 0.6) is 5.75 Å². The second-order valence-corrected chi connectivity index (χ2v) is 5.74. The van der Waals surface area contributed by atoms with Gasteiger partial charge in [0.25, 0.3) is 0 Å². The topological polar surface area (TPSA) is 84.0 Å². The van der Waals surface area contributed by atoms with Gasteiger partial charge in [-0.15, -0.1) is 0 Å². The first-order chi connectivity index (χ1) is 11.2. The fourth-order valence-corrected chi connectivity index (χ4v) is 2.90. The molecular formula is C16H21N5O2. The van der Waals surface area contributed by atoms with Gasteiger partial charge in [0, 0.05) is 12.2 Å². The lowest BCUT2D eigenvalue weighted by Crippen LogP contribution is -2.40. The molecule has 1 N–H and O–H groups in total. The number of carbonyl (C=O) groups is 1. The number of carbonyl (C=O) groups excluding carboxylic acids is 1. The summed E-state index contributed by atoms with van der Waals surface area (Å²) in [6.07, 6.45) is 4.92. The predicted molar refractivity (Wildman–Crippen MR) is 83.9 cm³/mol. The van der Waals surface area contributed by atoms with Gasteiger partial charge in [-0.25, -0.2) is 4.98 Å². The first kappa shape index (κ1) is 15.5. The van der Waals surface area contributed by atoms with Crippen LogP contribution in [0.1, 0.15) is 42.6 Å². The van der Waals surface area contributed by atoms with Gasteiger partial charge in [0.15, 0.2) is 5.82 Å². The van der Waals surface area contributed by atoms with Crippen molar-refractivity contribution in [2.45, 2.75) is 38.6 Å². The first-order valence-corrected chi connectivity index (χ1v) is 7.84. The molecule has 1 atom stereocenters. The van der Waals surface area contributed by atoms with E-state index in [1.165, 1.54) is 0 Å². The molecule has 0 bridgehead atoms. The number of ether oxygens (including phenoxy) is 1. The highest BCUT2D eigenvalue weighted by molar-refractivity contribution is 5.78. The normalized spacial score (nSPS) is 18.0. The number of nitrogens with one attached hydrogen (secondary N) is 1. The second-order valence-electron chi connectivity index (χ2n) is 5.74. The van der Waals surface area contributed by atoms with Gasteiger partial charge in [-0.3, -0.25) is 14.9 Å². The minimum atomic E-state index is -0.0422. The molecule has 3 rings (SSSR count). The molecular weight excluding hydrogens is 294 g/mol. The number of methoxy groups -OCH3 is 1. The third-order valence-electron chi connectivity index (χ3n) is 4.10. The van der Waals surface area contributed by atoms with E-state index in [9.17, 15) is 4.79 Å². The zero-order chi connectivity index (χ0) is 16.2. The summed E-state index contributed by atoms with van der Waals surface area (Å²) < 4.78 is 5.09. The molecule has 1 aliphatic heterocycles. The van der Waals surface area contributed by atoms with Crippen LogP contribution in [0.25, 0.3) is 0 Å². The van der Waals surface area contributed by atoms with Crippen molar-refractivity contribution in [3.8, 4) is 5.75 Å². The van der Waals surface area contributed by atoms with Crippen molar-refractivity contribution in [3.63, 3.8) is 0 Å². The lowest BCUT2D eigenvalue weighted by molar-refractivity contribution is -0.134. The van der Waals surface area contributed by atoms with Crippen LogP contribution in [-0.2, 0) is 11.2 Å². The van der Waals surface area contributed by atoms with Crippen molar-refractivity contribution >= 4 is 5.91 Å². The van der Waals surface area contributed by atoms with Gasteiger partial charge >= 0.3 is 0 Å². The molecule has 0 aromatic carbocycles. The van der Waals surface area contributed by atoms with E-state index in [1.54, 1.807) is 13.3 Å². The number of aromatic amines is 1. The highest BCUT2D eigenvalue weighted by atomic mass is 16.5. The Morgan fingerprint density at radius 2 is 2.30 bits per heavy atom. The first-order valence-electron chi connectivity index (χ1n) is 7.84. The van der Waals surface area contributed by atoms with Crippen molar-refractivity contribution in [1.82, 2.24) is 25.1 Å². The van der Waals surface area contributed by atoms with E-state index in [1.807, 2.05) is 24.0 Å². The fraction of sp³-hybridized carbons (Fsp3) is 0.500. The minimum absolute atomic E-state index is 0.0422. The van der Waals surface area contributed by atoms with Gasteiger partial charge in [0.05, 0.1) is 25.8 Å². The van der Waals surface area contributed by atoms with Gasteiger partial charge < -0.3 is 9.64 Å². The van der Waals surface area contributed by atoms with Crippen LogP contribution in [0.15, 0.2) is 18.3 Å². The number of rotatable bonds is 4. The SMILES string of the molecule is COc1ccc(CC(=O)N2CCCCC2c2n[nH]c(C)n2)nc1. The molecule has 23 heavy (non-hydrogen) atoms. The third-order valence-corrected chi connectivity index (χ3v) is 4.10. The minimum Gasteiger partial charge on any atom is -0.495 e. The Kier molecular flexibility index (Phi) is 4.55. The van der Waals surface area contributed by atoms with Gasteiger partial charge in [0.2, 0.25) is 5.91 Å². The fourth-order valence-electron chi connectivity index (χ4n) is 2.90. The molecule has 1 amide bonds. The van der Waals surface area contributed by atoms with Crippen molar-refractivity contribution in [2.75, 3.05) is 13.7 Å². The Morgan fingerprint density at radius 1 is 1.43 bits per heavy atom. The predicted octanol–water partition coefficient (Wildman–Crippen LogP) is 1.81. The number of hydrogen-bond donors (Lipinski definition) is 1. The van der Waals surface area contributed by atoms with Gasteiger partial charge in [-0.05, 0) is 38.3 Å². The Bertz CT molecular complexity index is 667. The van der Waals surface area contributed by atoms with Crippen LogP contribution in [-0.4, -0.2) is 44.6 Å². The quantitative estimate of drug-likeness (QED) is 0.930. The van der Waals surface area contributed by atoms with Gasteiger partial charge in [-0.2, -0.15) is 5.10 Å². The maximum absolute atomic E-state index is 12.7. The monoisotopic (exact) mass is 315 g/mol.